The second-order valence-corrected chi connectivity index (χ2v) is 14.3. The molecule has 0 aliphatic heterocycles. The smallest absolute Gasteiger partial charge is 0.0361 e. The summed E-state index contributed by atoms with van der Waals surface area (Å²) in [5, 5.41) is 10.6. The predicted molar refractivity (Wildman–Crippen MR) is 200 cm³/mol. The van der Waals surface area contributed by atoms with E-state index in [0.717, 1.165) is 0 Å². The highest BCUT2D eigenvalue weighted by atomic mass is 32.1. The Morgan fingerprint density at radius 1 is 0.413 bits per heavy atom. The van der Waals surface area contributed by atoms with Gasteiger partial charge in [0.1, 0.15) is 0 Å². The van der Waals surface area contributed by atoms with Gasteiger partial charge in [0.05, 0.1) is 0 Å². The third kappa shape index (κ3) is 3.49. The van der Waals surface area contributed by atoms with E-state index in [1.807, 2.05) is 11.3 Å². The van der Waals surface area contributed by atoms with Gasteiger partial charge in [-0.1, -0.05) is 129 Å². The average molecular weight is 603 g/mol. The summed E-state index contributed by atoms with van der Waals surface area (Å²) in [5.41, 5.74) is 10.6. The maximum absolute atomic E-state index is 2.50. The first-order valence-electron chi connectivity index (χ1n) is 16.1. The Hall–Kier alpha value is -5.24. The van der Waals surface area contributed by atoms with Crippen LogP contribution in [0.3, 0.4) is 0 Å². The fourth-order valence-corrected chi connectivity index (χ4v) is 9.43. The van der Waals surface area contributed by atoms with Crippen molar-refractivity contribution in [3.63, 3.8) is 0 Å². The van der Waals surface area contributed by atoms with Crippen LogP contribution in [-0.4, -0.2) is 0 Å². The van der Waals surface area contributed by atoms with Crippen LogP contribution in [0.4, 0.5) is 0 Å². The molecule has 8 aromatic carbocycles. The molecular weight excluding hydrogens is 573 g/mol. The molecule has 0 amide bonds. The summed E-state index contributed by atoms with van der Waals surface area (Å²) in [5.74, 6) is 0. The Morgan fingerprint density at radius 2 is 1.00 bits per heavy atom. The van der Waals surface area contributed by atoms with Gasteiger partial charge in [-0.25, -0.2) is 0 Å². The quantitative estimate of drug-likeness (QED) is 0.173. The molecule has 0 unspecified atom stereocenters. The van der Waals surface area contributed by atoms with Crippen molar-refractivity contribution in [2.24, 2.45) is 0 Å². The van der Waals surface area contributed by atoms with Crippen molar-refractivity contribution >= 4 is 63.8 Å². The summed E-state index contributed by atoms with van der Waals surface area (Å²) in [4.78, 5) is 0. The van der Waals surface area contributed by atoms with Crippen molar-refractivity contribution in [1.82, 2.24) is 0 Å². The van der Waals surface area contributed by atoms with Gasteiger partial charge in [-0.2, -0.15) is 0 Å². The normalized spacial score (nSPS) is 13.6. The van der Waals surface area contributed by atoms with Gasteiger partial charge < -0.3 is 0 Å². The molecule has 1 heteroatoms. The van der Waals surface area contributed by atoms with Crippen LogP contribution in [0.2, 0.25) is 0 Å². The minimum atomic E-state index is -0.0790. The lowest BCUT2D eigenvalue weighted by Crippen LogP contribution is -2.14. The summed E-state index contributed by atoms with van der Waals surface area (Å²) in [6.45, 7) is 4.78. The zero-order valence-electron chi connectivity index (χ0n) is 25.8. The number of hydrogen-bond acceptors (Lipinski definition) is 1. The van der Waals surface area contributed by atoms with E-state index in [0.29, 0.717) is 0 Å². The molecule has 1 aliphatic rings. The molecule has 0 spiro atoms. The lowest BCUT2D eigenvalue weighted by atomic mass is 9.81. The van der Waals surface area contributed by atoms with Crippen LogP contribution in [-0.2, 0) is 5.41 Å². The summed E-state index contributed by atoms with van der Waals surface area (Å²) in [6, 6.07) is 54.5. The topological polar surface area (TPSA) is 0 Å². The van der Waals surface area contributed by atoms with E-state index in [1.165, 1.54) is 97.0 Å². The van der Waals surface area contributed by atoms with E-state index in [1.54, 1.807) is 0 Å². The first-order chi connectivity index (χ1) is 22.6. The van der Waals surface area contributed by atoms with Crippen molar-refractivity contribution in [2.75, 3.05) is 0 Å². The molecule has 0 nitrogen and oxygen atoms in total. The van der Waals surface area contributed by atoms with Gasteiger partial charge in [0.25, 0.3) is 0 Å². The van der Waals surface area contributed by atoms with Crippen LogP contribution in [0.15, 0.2) is 146 Å². The van der Waals surface area contributed by atoms with Crippen LogP contribution in [0.25, 0.3) is 85.9 Å². The summed E-state index contributed by atoms with van der Waals surface area (Å²) in [7, 11) is 0. The largest absolute Gasteiger partial charge is 0.135 e. The average Bonchev–Trinajstić information content (AvgIpc) is 3.58. The maximum atomic E-state index is 2.50. The molecule has 46 heavy (non-hydrogen) atoms. The van der Waals surface area contributed by atoms with E-state index < -0.39 is 0 Å². The SMILES string of the molecule is CC1(C)c2ccc(-c3c4ccccc4c(-c4ccccc4)c4ccccc34)cc2-c2cc3c(ccc4sc5ccccc5c43)cc21. The number of fused-ring (bicyclic) bond motifs is 10. The molecular formula is C45H30S. The van der Waals surface area contributed by atoms with Crippen LogP contribution in [0.5, 0.6) is 0 Å². The minimum Gasteiger partial charge on any atom is -0.135 e. The Labute approximate surface area is 272 Å². The Kier molecular flexibility index (Phi) is 5.31. The molecule has 10 rings (SSSR count). The van der Waals surface area contributed by atoms with Gasteiger partial charge in [0.2, 0.25) is 0 Å². The molecule has 0 saturated heterocycles. The van der Waals surface area contributed by atoms with Crippen LogP contribution in [0.1, 0.15) is 25.0 Å². The first kappa shape index (κ1) is 26.0. The van der Waals surface area contributed by atoms with Gasteiger partial charge in [0.15, 0.2) is 0 Å². The minimum absolute atomic E-state index is 0.0790. The number of rotatable bonds is 2. The van der Waals surface area contributed by atoms with Gasteiger partial charge >= 0.3 is 0 Å². The highest BCUT2D eigenvalue weighted by molar-refractivity contribution is 7.26. The Morgan fingerprint density at radius 3 is 1.70 bits per heavy atom. The first-order valence-corrected chi connectivity index (χ1v) is 16.9. The molecule has 0 bridgehead atoms. The molecule has 216 valence electrons. The molecule has 0 saturated carbocycles. The number of thiophene rings is 1. The van der Waals surface area contributed by atoms with Crippen LogP contribution >= 0.6 is 11.3 Å². The fourth-order valence-electron chi connectivity index (χ4n) is 8.30. The second-order valence-electron chi connectivity index (χ2n) is 13.2. The van der Waals surface area contributed by atoms with Crippen molar-refractivity contribution in [3.8, 4) is 33.4 Å². The Bertz CT molecular complexity index is 2650. The van der Waals surface area contributed by atoms with Crippen molar-refractivity contribution in [1.29, 1.82) is 0 Å². The standard InChI is InChI=1S/C45H30S/c1-45(2)38-22-20-29(43-32-16-8-6-14-30(32)42(27-12-4-3-5-13-27)31-15-7-9-17-33(31)43)24-36(38)37-26-35-28(25-39(37)45)21-23-41-44(35)34-18-10-11-19-40(34)46-41/h3-26H,1-2H3. The zero-order chi connectivity index (χ0) is 30.6. The fraction of sp³-hybridized carbons (Fsp3) is 0.0667. The number of hydrogen-bond donors (Lipinski definition) is 0. The molecule has 1 heterocycles. The van der Waals surface area contributed by atoms with Gasteiger partial charge in [0, 0.05) is 25.6 Å². The van der Waals surface area contributed by atoms with Crippen molar-refractivity contribution in [3.05, 3.63) is 157 Å². The maximum Gasteiger partial charge on any atom is 0.0361 e. The Balaban J connectivity index is 1.27. The molecule has 0 N–H and O–H groups in total. The van der Waals surface area contributed by atoms with E-state index in [4.69, 9.17) is 0 Å². The summed E-state index contributed by atoms with van der Waals surface area (Å²) in [6.07, 6.45) is 0. The van der Waals surface area contributed by atoms with Crippen LogP contribution in [0, 0.1) is 0 Å². The molecule has 9 aromatic rings. The van der Waals surface area contributed by atoms with E-state index in [9.17, 15) is 0 Å². The zero-order valence-corrected chi connectivity index (χ0v) is 26.6. The molecule has 1 aromatic heterocycles. The van der Waals surface area contributed by atoms with Crippen LogP contribution < -0.4 is 0 Å². The lowest BCUT2D eigenvalue weighted by Gasteiger charge is -2.22. The number of benzene rings is 8. The highest BCUT2D eigenvalue weighted by Gasteiger charge is 2.36. The van der Waals surface area contributed by atoms with Crippen molar-refractivity contribution in [2.45, 2.75) is 19.3 Å². The van der Waals surface area contributed by atoms with E-state index >= 15 is 0 Å². The second kappa shape index (κ2) is 9.39. The third-order valence-electron chi connectivity index (χ3n) is 10.4. The van der Waals surface area contributed by atoms with E-state index in [2.05, 4.69) is 159 Å². The lowest BCUT2D eigenvalue weighted by molar-refractivity contribution is 0.661. The van der Waals surface area contributed by atoms with Gasteiger partial charge in [-0.3, -0.25) is 0 Å². The van der Waals surface area contributed by atoms with Gasteiger partial charge in [-0.05, 0) is 107 Å². The monoisotopic (exact) mass is 602 g/mol. The van der Waals surface area contributed by atoms with Gasteiger partial charge in [-0.15, -0.1) is 11.3 Å². The summed E-state index contributed by atoms with van der Waals surface area (Å²) >= 11 is 1.90. The molecule has 0 fully saturated rings. The molecule has 1 aliphatic carbocycles. The highest BCUT2D eigenvalue weighted by Crippen LogP contribution is 2.53. The molecule has 0 radical (unpaired) electrons. The van der Waals surface area contributed by atoms with Crippen molar-refractivity contribution < 1.29 is 0 Å². The predicted octanol–water partition coefficient (Wildman–Crippen LogP) is 13.2. The third-order valence-corrected chi connectivity index (χ3v) is 11.6. The molecule has 0 atom stereocenters. The van der Waals surface area contributed by atoms with E-state index in [-0.39, 0.29) is 5.41 Å². The summed E-state index contributed by atoms with van der Waals surface area (Å²) < 4.78 is 2.71.